The van der Waals surface area contributed by atoms with Crippen molar-refractivity contribution in [1.82, 2.24) is 15.1 Å². The van der Waals surface area contributed by atoms with Crippen LogP contribution >= 0.6 is 0 Å². The molecule has 1 aromatic heterocycles. The van der Waals surface area contributed by atoms with Gasteiger partial charge in [-0.05, 0) is 63.1 Å². The first kappa shape index (κ1) is 17.7. The van der Waals surface area contributed by atoms with Crippen LogP contribution in [0.15, 0.2) is 24.3 Å². The molecule has 2 aromatic rings. The van der Waals surface area contributed by atoms with Crippen LogP contribution in [0, 0.1) is 5.82 Å². The van der Waals surface area contributed by atoms with Crippen molar-refractivity contribution in [1.29, 1.82) is 0 Å². The lowest BCUT2D eigenvalue weighted by molar-refractivity contribution is -0.139. The third kappa shape index (κ3) is 3.34. The molecule has 0 saturated heterocycles. The maximum Gasteiger partial charge on any atom is 0.305 e. The summed E-state index contributed by atoms with van der Waals surface area (Å²) in [7, 11) is 0. The van der Waals surface area contributed by atoms with Gasteiger partial charge in [-0.3, -0.25) is 9.59 Å². The van der Waals surface area contributed by atoms with Crippen molar-refractivity contribution in [3.8, 4) is 5.69 Å². The van der Waals surface area contributed by atoms with Crippen LogP contribution in [0.4, 0.5) is 4.39 Å². The molecule has 7 heteroatoms. The Morgan fingerprint density at radius 1 is 1.22 bits per heavy atom. The molecule has 0 aliphatic heterocycles. The molecule has 2 N–H and O–H groups in total. The predicted molar refractivity (Wildman–Crippen MR) is 96.5 cm³/mol. The number of aliphatic carboxylic acids is 1. The Bertz CT molecular complexity index is 902. The highest BCUT2D eigenvalue weighted by Gasteiger charge is 2.41. The van der Waals surface area contributed by atoms with Crippen molar-refractivity contribution in [2.24, 2.45) is 0 Å². The molecule has 4 rings (SSSR count). The number of hydrogen-bond donors (Lipinski definition) is 2. The normalized spacial score (nSPS) is 17.7. The summed E-state index contributed by atoms with van der Waals surface area (Å²) in [5.74, 6) is -1.60. The minimum atomic E-state index is -0.915. The van der Waals surface area contributed by atoms with E-state index < -0.39 is 11.5 Å². The molecule has 6 nitrogen and oxygen atoms in total. The number of benzene rings is 1. The average Bonchev–Trinajstić information content (AvgIpc) is 2.99. The van der Waals surface area contributed by atoms with Crippen LogP contribution in [0.25, 0.3) is 5.69 Å². The lowest BCUT2D eigenvalue weighted by Gasteiger charge is -2.41. The second kappa shape index (κ2) is 6.79. The van der Waals surface area contributed by atoms with Crippen molar-refractivity contribution in [2.45, 2.75) is 56.9 Å². The van der Waals surface area contributed by atoms with Gasteiger partial charge in [0.15, 0.2) is 5.69 Å². The van der Waals surface area contributed by atoms with Gasteiger partial charge in [-0.2, -0.15) is 5.10 Å². The standard InChI is InChI=1S/C20H22FN3O3/c21-13-5-3-6-14(11-13)24-16-8-2-1-7-15(16)18(23-24)19(27)22-20(9-4-10-20)12-17(25)26/h3,5-6,11H,1-2,4,7-10,12H2,(H,22,27)(H,25,26). The molecule has 2 aliphatic carbocycles. The molecular formula is C20H22FN3O3. The van der Waals surface area contributed by atoms with Gasteiger partial charge in [-0.15, -0.1) is 0 Å². The molecule has 0 spiro atoms. The SMILES string of the molecule is O=C(O)CC1(NC(=O)c2nn(-c3cccc(F)c3)c3c2CCCC3)CCC1. The fraction of sp³-hybridized carbons (Fsp3) is 0.450. The highest BCUT2D eigenvalue weighted by Crippen LogP contribution is 2.36. The third-order valence-corrected chi connectivity index (χ3v) is 5.63. The summed E-state index contributed by atoms with van der Waals surface area (Å²) < 4.78 is 15.3. The number of carboxylic acid groups (broad SMARTS) is 1. The van der Waals surface area contributed by atoms with E-state index in [0.29, 0.717) is 24.2 Å². The van der Waals surface area contributed by atoms with Gasteiger partial charge in [0, 0.05) is 11.3 Å². The zero-order chi connectivity index (χ0) is 19.0. The van der Waals surface area contributed by atoms with Gasteiger partial charge in [0.2, 0.25) is 0 Å². The Morgan fingerprint density at radius 3 is 2.67 bits per heavy atom. The molecule has 1 saturated carbocycles. The fourth-order valence-electron chi connectivity index (χ4n) is 4.14. The Morgan fingerprint density at radius 2 is 2.00 bits per heavy atom. The number of fused-ring (bicyclic) bond motifs is 1. The predicted octanol–water partition coefficient (Wildman–Crippen LogP) is 3.02. The average molecular weight is 371 g/mol. The Balaban J connectivity index is 1.68. The first-order valence-corrected chi connectivity index (χ1v) is 9.38. The van der Waals surface area contributed by atoms with Gasteiger partial charge in [0.25, 0.3) is 5.91 Å². The molecule has 27 heavy (non-hydrogen) atoms. The maximum absolute atomic E-state index is 13.7. The summed E-state index contributed by atoms with van der Waals surface area (Å²) in [6.45, 7) is 0. The zero-order valence-corrected chi connectivity index (χ0v) is 15.0. The summed E-state index contributed by atoms with van der Waals surface area (Å²) in [5, 5.41) is 16.6. The van der Waals surface area contributed by atoms with Crippen molar-refractivity contribution in [2.75, 3.05) is 0 Å². The third-order valence-electron chi connectivity index (χ3n) is 5.63. The lowest BCUT2D eigenvalue weighted by Crippen LogP contribution is -2.54. The highest BCUT2D eigenvalue weighted by molar-refractivity contribution is 5.95. The molecule has 1 amide bonds. The van der Waals surface area contributed by atoms with E-state index in [-0.39, 0.29) is 18.1 Å². The van der Waals surface area contributed by atoms with E-state index in [4.69, 9.17) is 5.11 Å². The van der Waals surface area contributed by atoms with E-state index in [1.54, 1.807) is 16.8 Å². The largest absolute Gasteiger partial charge is 0.481 e. The van der Waals surface area contributed by atoms with E-state index in [2.05, 4.69) is 10.4 Å². The topological polar surface area (TPSA) is 84.2 Å². The lowest BCUT2D eigenvalue weighted by atomic mass is 9.74. The molecule has 2 aliphatic rings. The van der Waals surface area contributed by atoms with Crippen LogP contribution in [0.1, 0.15) is 60.3 Å². The second-order valence-corrected chi connectivity index (χ2v) is 7.53. The summed E-state index contributed by atoms with van der Waals surface area (Å²) in [4.78, 5) is 24.1. The van der Waals surface area contributed by atoms with Crippen molar-refractivity contribution < 1.29 is 19.1 Å². The number of amides is 1. The van der Waals surface area contributed by atoms with Crippen molar-refractivity contribution >= 4 is 11.9 Å². The van der Waals surface area contributed by atoms with Gasteiger partial charge in [0.1, 0.15) is 5.82 Å². The fourth-order valence-corrected chi connectivity index (χ4v) is 4.14. The smallest absolute Gasteiger partial charge is 0.305 e. The number of nitrogens with one attached hydrogen (secondary N) is 1. The van der Waals surface area contributed by atoms with Crippen LogP contribution in [0.2, 0.25) is 0 Å². The Labute approximate surface area is 156 Å². The molecule has 0 atom stereocenters. The Kier molecular flexibility index (Phi) is 4.45. The minimum Gasteiger partial charge on any atom is -0.481 e. The highest BCUT2D eigenvalue weighted by atomic mass is 19.1. The van der Waals surface area contributed by atoms with Crippen molar-refractivity contribution in [3.05, 3.63) is 47.0 Å². The molecule has 0 radical (unpaired) electrons. The van der Waals surface area contributed by atoms with Crippen LogP contribution in [0.5, 0.6) is 0 Å². The van der Waals surface area contributed by atoms with Crippen molar-refractivity contribution in [3.63, 3.8) is 0 Å². The van der Waals surface area contributed by atoms with E-state index in [0.717, 1.165) is 43.4 Å². The molecule has 0 unspecified atom stereocenters. The number of rotatable bonds is 5. The summed E-state index contributed by atoms with van der Waals surface area (Å²) in [6.07, 6.45) is 5.66. The number of carboxylic acids is 1. The number of halogens is 1. The Hall–Kier alpha value is -2.70. The second-order valence-electron chi connectivity index (χ2n) is 7.53. The maximum atomic E-state index is 13.7. The molecule has 0 bridgehead atoms. The van der Waals surface area contributed by atoms with Crippen LogP contribution in [-0.2, 0) is 17.6 Å². The van der Waals surface area contributed by atoms with Gasteiger partial charge in [0.05, 0.1) is 17.6 Å². The number of carbonyl (C=O) groups is 2. The minimum absolute atomic E-state index is 0.0778. The van der Waals surface area contributed by atoms with E-state index in [1.807, 2.05) is 0 Å². The first-order valence-electron chi connectivity index (χ1n) is 9.38. The van der Waals surface area contributed by atoms with Crippen LogP contribution < -0.4 is 5.32 Å². The van der Waals surface area contributed by atoms with Crippen LogP contribution in [0.3, 0.4) is 0 Å². The zero-order valence-electron chi connectivity index (χ0n) is 15.0. The quantitative estimate of drug-likeness (QED) is 0.846. The number of nitrogens with zero attached hydrogens (tertiary/aromatic N) is 2. The van der Waals surface area contributed by atoms with Crippen LogP contribution in [-0.4, -0.2) is 32.3 Å². The van der Waals surface area contributed by atoms with Gasteiger partial charge >= 0.3 is 5.97 Å². The van der Waals surface area contributed by atoms with E-state index in [1.165, 1.54) is 12.1 Å². The summed E-state index contributed by atoms with van der Waals surface area (Å²) >= 11 is 0. The number of carbonyl (C=O) groups excluding carboxylic acids is 1. The number of hydrogen-bond acceptors (Lipinski definition) is 3. The van der Waals surface area contributed by atoms with Gasteiger partial charge < -0.3 is 10.4 Å². The number of aromatic nitrogens is 2. The monoisotopic (exact) mass is 371 g/mol. The molecule has 1 fully saturated rings. The van der Waals surface area contributed by atoms with Gasteiger partial charge in [-0.25, -0.2) is 9.07 Å². The summed E-state index contributed by atoms with van der Waals surface area (Å²) in [6, 6.07) is 6.17. The molecular weight excluding hydrogens is 349 g/mol. The van der Waals surface area contributed by atoms with Gasteiger partial charge in [-0.1, -0.05) is 6.07 Å². The first-order chi connectivity index (χ1) is 13.0. The van der Waals surface area contributed by atoms with E-state index in [9.17, 15) is 14.0 Å². The molecule has 142 valence electrons. The van der Waals surface area contributed by atoms with E-state index >= 15 is 0 Å². The molecule has 1 heterocycles. The molecule has 1 aromatic carbocycles. The summed E-state index contributed by atoms with van der Waals surface area (Å²) in [5.41, 5.74) is 2.10.